The van der Waals surface area contributed by atoms with E-state index < -0.39 is 105 Å². The highest BCUT2D eigenvalue weighted by atomic mass is 16.7. The fourth-order valence-electron chi connectivity index (χ4n) is 4.03. The fraction of sp³-hybridized carbons (Fsp3) is 1.00. The van der Waals surface area contributed by atoms with Crippen LogP contribution in [-0.4, -0.2) is 156 Å². The maximum Gasteiger partial charge on any atom is 0.187 e. The van der Waals surface area contributed by atoms with Gasteiger partial charge in [-0.05, 0) is 6.92 Å². The molecule has 0 aliphatic carbocycles. The summed E-state index contributed by atoms with van der Waals surface area (Å²) in [6.07, 6.45) is -23.4. The zero-order valence-electron chi connectivity index (χ0n) is 17.6. The van der Waals surface area contributed by atoms with Crippen molar-refractivity contribution in [2.45, 2.75) is 99.0 Å². The third-order valence-corrected chi connectivity index (χ3v) is 6.05. The Balaban J connectivity index is 1.67. The number of hydrogen-bond donors (Lipinski definition) is 10. The third-order valence-electron chi connectivity index (χ3n) is 6.05. The van der Waals surface area contributed by atoms with Crippen LogP contribution >= 0.6 is 0 Å². The van der Waals surface area contributed by atoms with Gasteiger partial charge in [-0.15, -0.1) is 0 Å². The molecule has 33 heavy (non-hydrogen) atoms. The van der Waals surface area contributed by atoms with Crippen LogP contribution in [-0.2, 0) is 23.7 Å². The molecule has 0 unspecified atom stereocenters. The maximum absolute atomic E-state index is 10.6. The SMILES string of the molecule is C[C@@H]1O[C@@H](O[C@H]2[C@H](O)[C@@H](O)[C@H](O)O[C@@H]2CO)[C@H](O)[C@H](O)[C@H]1O[C@@H]1O[C@H](CO)[C@@H](O)[C@H](O)[C@H]1O. The summed E-state index contributed by atoms with van der Waals surface area (Å²) in [7, 11) is 0. The van der Waals surface area contributed by atoms with Crippen LogP contribution in [0.15, 0.2) is 0 Å². The Morgan fingerprint density at radius 2 is 1.06 bits per heavy atom. The number of aliphatic hydroxyl groups is 10. The Hall–Kier alpha value is -0.600. The van der Waals surface area contributed by atoms with Crippen LogP contribution in [0.5, 0.6) is 0 Å². The lowest BCUT2D eigenvalue weighted by molar-refractivity contribution is -0.374. The van der Waals surface area contributed by atoms with Gasteiger partial charge in [0, 0.05) is 0 Å². The molecule has 10 N–H and O–H groups in total. The van der Waals surface area contributed by atoms with Crippen molar-refractivity contribution in [3.8, 4) is 0 Å². The van der Waals surface area contributed by atoms with E-state index in [0.29, 0.717) is 0 Å². The van der Waals surface area contributed by atoms with E-state index in [1.807, 2.05) is 0 Å². The van der Waals surface area contributed by atoms with Gasteiger partial charge in [-0.1, -0.05) is 0 Å². The van der Waals surface area contributed by atoms with Gasteiger partial charge in [-0.25, -0.2) is 0 Å². The summed E-state index contributed by atoms with van der Waals surface area (Å²) < 4.78 is 26.7. The molecule has 0 bridgehead atoms. The Morgan fingerprint density at radius 3 is 1.67 bits per heavy atom. The number of ether oxygens (including phenoxy) is 5. The van der Waals surface area contributed by atoms with E-state index >= 15 is 0 Å². The first-order chi connectivity index (χ1) is 15.5. The van der Waals surface area contributed by atoms with E-state index in [1.54, 1.807) is 0 Å². The molecular formula is C18H32O15. The highest BCUT2D eigenvalue weighted by molar-refractivity contribution is 4.95. The normalized spacial score (nSPS) is 53.7. The van der Waals surface area contributed by atoms with Crippen molar-refractivity contribution in [1.29, 1.82) is 0 Å². The summed E-state index contributed by atoms with van der Waals surface area (Å²) in [5.74, 6) is 0. The number of aliphatic hydroxyl groups excluding tert-OH is 10. The average molecular weight is 488 g/mol. The molecule has 15 atom stereocenters. The van der Waals surface area contributed by atoms with Crippen LogP contribution in [0, 0.1) is 0 Å². The quantitative estimate of drug-likeness (QED) is 0.167. The molecule has 0 aromatic rings. The van der Waals surface area contributed by atoms with Crippen LogP contribution in [0.1, 0.15) is 6.92 Å². The van der Waals surface area contributed by atoms with E-state index in [0.717, 1.165) is 0 Å². The molecule has 15 nitrogen and oxygen atoms in total. The molecule has 3 heterocycles. The molecule has 0 saturated carbocycles. The van der Waals surface area contributed by atoms with E-state index in [2.05, 4.69) is 0 Å². The summed E-state index contributed by atoms with van der Waals surface area (Å²) in [5, 5.41) is 99.2. The van der Waals surface area contributed by atoms with Crippen molar-refractivity contribution < 1.29 is 74.7 Å². The van der Waals surface area contributed by atoms with Gasteiger partial charge in [0.25, 0.3) is 0 Å². The van der Waals surface area contributed by atoms with Crippen molar-refractivity contribution in [2.75, 3.05) is 13.2 Å². The molecule has 15 heteroatoms. The van der Waals surface area contributed by atoms with Gasteiger partial charge in [0.15, 0.2) is 18.9 Å². The van der Waals surface area contributed by atoms with E-state index in [4.69, 9.17) is 23.7 Å². The second-order valence-corrected chi connectivity index (χ2v) is 8.32. The predicted molar refractivity (Wildman–Crippen MR) is 99.8 cm³/mol. The fourth-order valence-corrected chi connectivity index (χ4v) is 4.03. The van der Waals surface area contributed by atoms with Gasteiger partial charge in [-0.3, -0.25) is 0 Å². The van der Waals surface area contributed by atoms with Crippen LogP contribution < -0.4 is 0 Å². The zero-order valence-corrected chi connectivity index (χ0v) is 17.6. The Labute approximate surface area is 187 Å². The molecule has 0 spiro atoms. The van der Waals surface area contributed by atoms with Gasteiger partial charge in [0.1, 0.15) is 67.1 Å². The molecule has 0 radical (unpaired) electrons. The summed E-state index contributed by atoms with van der Waals surface area (Å²) in [6, 6.07) is 0. The third kappa shape index (κ3) is 5.32. The van der Waals surface area contributed by atoms with E-state index in [1.165, 1.54) is 6.92 Å². The number of rotatable bonds is 6. The standard InChI is InChI=1S/C18H32O15/c1-4-14(32-18-12(26)8(22)7(21)5(2-19)31-18)10(24)13(27)17(29-4)33-15-6(3-20)30-16(28)11(25)9(15)23/h4-28H,2-3H2,1H3/t4-,5+,6+,7+,8-,9+,10-,11+,12+,13+,14-,15+,16+,17-,18-/m0/s1. The van der Waals surface area contributed by atoms with Gasteiger partial charge >= 0.3 is 0 Å². The first-order valence-electron chi connectivity index (χ1n) is 10.4. The van der Waals surface area contributed by atoms with Crippen molar-refractivity contribution in [1.82, 2.24) is 0 Å². The van der Waals surface area contributed by atoms with Gasteiger partial charge in [0.2, 0.25) is 0 Å². The highest BCUT2D eigenvalue weighted by Crippen LogP contribution is 2.31. The molecule has 0 aromatic carbocycles. The van der Waals surface area contributed by atoms with Gasteiger partial charge in [0.05, 0.1) is 19.3 Å². The van der Waals surface area contributed by atoms with Crippen molar-refractivity contribution in [2.24, 2.45) is 0 Å². The van der Waals surface area contributed by atoms with Crippen molar-refractivity contribution in [3.63, 3.8) is 0 Å². The minimum Gasteiger partial charge on any atom is -0.394 e. The molecule has 194 valence electrons. The Morgan fingerprint density at radius 1 is 0.545 bits per heavy atom. The Kier molecular flexibility index (Phi) is 8.99. The van der Waals surface area contributed by atoms with Crippen LogP contribution in [0.25, 0.3) is 0 Å². The second kappa shape index (κ2) is 11.0. The van der Waals surface area contributed by atoms with Gasteiger partial charge in [-0.2, -0.15) is 0 Å². The highest BCUT2D eigenvalue weighted by Gasteiger charge is 2.52. The summed E-state index contributed by atoms with van der Waals surface area (Å²) in [6.45, 7) is 0.00626. The minimum atomic E-state index is -1.80. The smallest absolute Gasteiger partial charge is 0.187 e. The molecule has 0 amide bonds. The summed E-state index contributed by atoms with van der Waals surface area (Å²) >= 11 is 0. The van der Waals surface area contributed by atoms with E-state index in [9.17, 15) is 51.1 Å². The largest absolute Gasteiger partial charge is 0.394 e. The molecule has 3 saturated heterocycles. The molecular weight excluding hydrogens is 456 g/mol. The maximum atomic E-state index is 10.6. The number of hydrogen-bond acceptors (Lipinski definition) is 15. The lowest BCUT2D eigenvalue weighted by Gasteiger charge is -2.47. The van der Waals surface area contributed by atoms with Gasteiger partial charge < -0.3 is 74.7 Å². The molecule has 0 aromatic heterocycles. The molecule has 3 aliphatic heterocycles. The van der Waals surface area contributed by atoms with Crippen LogP contribution in [0.4, 0.5) is 0 Å². The van der Waals surface area contributed by atoms with E-state index in [-0.39, 0.29) is 0 Å². The first-order valence-corrected chi connectivity index (χ1v) is 10.4. The van der Waals surface area contributed by atoms with Crippen LogP contribution in [0.2, 0.25) is 0 Å². The van der Waals surface area contributed by atoms with Crippen molar-refractivity contribution >= 4 is 0 Å². The predicted octanol–water partition coefficient (Wildman–Crippen LogP) is -6.55. The average Bonchev–Trinajstić information content (AvgIpc) is 2.79. The molecule has 3 rings (SSSR count). The monoisotopic (exact) mass is 488 g/mol. The topological polar surface area (TPSA) is 248 Å². The Bertz CT molecular complexity index is 622. The zero-order chi connectivity index (χ0) is 24.6. The lowest BCUT2D eigenvalue weighted by Crippen LogP contribution is -2.65. The second-order valence-electron chi connectivity index (χ2n) is 8.32. The molecule has 3 aliphatic rings. The molecule has 3 fully saturated rings. The summed E-state index contributed by atoms with van der Waals surface area (Å²) in [5.41, 5.74) is 0. The first kappa shape index (κ1) is 27.0. The van der Waals surface area contributed by atoms with Crippen molar-refractivity contribution in [3.05, 3.63) is 0 Å². The van der Waals surface area contributed by atoms with Crippen LogP contribution in [0.3, 0.4) is 0 Å². The lowest BCUT2D eigenvalue weighted by atomic mass is 9.96. The summed E-state index contributed by atoms with van der Waals surface area (Å²) in [4.78, 5) is 0. The minimum absolute atomic E-state index is 0.693.